The molecule has 0 aliphatic heterocycles. The van der Waals surface area contributed by atoms with Crippen LogP contribution in [-0.2, 0) is 4.79 Å². The Morgan fingerprint density at radius 1 is 1.18 bits per heavy atom. The molecule has 0 heterocycles. The lowest BCUT2D eigenvalue weighted by molar-refractivity contribution is -0.127. The van der Waals surface area contributed by atoms with Crippen LogP contribution in [0.5, 0.6) is 0 Å². The van der Waals surface area contributed by atoms with Crippen molar-refractivity contribution in [3.05, 3.63) is 0 Å². The zero-order valence-corrected chi connectivity index (χ0v) is 10.5. The number of nitrogens with one attached hydrogen (secondary N) is 1. The maximum atomic E-state index is 12.3. The Labute approximate surface area is 104 Å². The summed E-state index contributed by atoms with van der Waals surface area (Å²) >= 11 is 0. The minimum absolute atomic E-state index is 0.327. The van der Waals surface area contributed by atoms with Crippen molar-refractivity contribution in [2.45, 2.75) is 51.0 Å². The average molecular weight is 236 g/mol. The molecule has 0 spiro atoms. The van der Waals surface area contributed by atoms with Crippen molar-refractivity contribution in [2.24, 2.45) is 29.4 Å². The highest BCUT2D eigenvalue weighted by molar-refractivity contribution is 5.79. The van der Waals surface area contributed by atoms with E-state index in [1.54, 1.807) is 0 Å². The van der Waals surface area contributed by atoms with Crippen molar-refractivity contribution < 1.29 is 4.79 Å². The van der Waals surface area contributed by atoms with Gasteiger partial charge in [0.05, 0.1) is 0 Å². The topological polar surface area (TPSA) is 55.1 Å². The highest BCUT2D eigenvalue weighted by Crippen LogP contribution is 2.48. The van der Waals surface area contributed by atoms with E-state index in [0.29, 0.717) is 29.7 Å². The van der Waals surface area contributed by atoms with E-state index >= 15 is 0 Å². The van der Waals surface area contributed by atoms with Crippen molar-refractivity contribution >= 4 is 5.91 Å². The number of nitrogens with two attached hydrogens (primary N) is 1. The van der Waals surface area contributed by atoms with Crippen LogP contribution in [0.25, 0.3) is 0 Å². The zero-order valence-electron chi connectivity index (χ0n) is 10.5. The molecule has 17 heavy (non-hydrogen) atoms. The van der Waals surface area contributed by atoms with Gasteiger partial charge in [-0.25, -0.2) is 0 Å². The summed E-state index contributed by atoms with van der Waals surface area (Å²) in [4.78, 5) is 12.3. The van der Waals surface area contributed by atoms with Crippen LogP contribution < -0.4 is 11.1 Å². The Hall–Kier alpha value is -0.570. The minimum Gasteiger partial charge on any atom is -0.353 e. The number of amides is 1. The van der Waals surface area contributed by atoms with Crippen LogP contribution in [0.3, 0.4) is 0 Å². The molecule has 1 amide bonds. The fourth-order valence-corrected chi connectivity index (χ4v) is 4.36. The summed E-state index contributed by atoms with van der Waals surface area (Å²) in [6, 6.07) is 0.367. The standard InChI is InChI=1S/C14H24N2O/c15-8-11-2-1-3-13(11)16-14(17)12-7-9-4-5-10(12)6-9/h9-13H,1-8,15H2,(H,16,17). The second kappa shape index (κ2) is 4.60. The molecule has 0 saturated heterocycles. The third-order valence-corrected chi connectivity index (χ3v) is 5.36. The molecule has 3 rings (SSSR count). The molecular weight excluding hydrogens is 212 g/mol. The normalized spacial score (nSPS) is 44.2. The van der Waals surface area contributed by atoms with Crippen LogP contribution in [0.2, 0.25) is 0 Å². The zero-order chi connectivity index (χ0) is 11.8. The number of rotatable bonds is 3. The first-order valence-corrected chi connectivity index (χ1v) is 7.28. The molecule has 0 aromatic heterocycles. The fourth-order valence-electron chi connectivity index (χ4n) is 4.36. The highest BCUT2D eigenvalue weighted by atomic mass is 16.2. The summed E-state index contributed by atoms with van der Waals surface area (Å²) in [5.74, 6) is 2.73. The van der Waals surface area contributed by atoms with E-state index < -0.39 is 0 Å². The van der Waals surface area contributed by atoms with E-state index in [2.05, 4.69) is 5.32 Å². The second-order valence-electron chi connectivity index (χ2n) is 6.32. The van der Waals surface area contributed by atoms with Gasteiger partial charge in [0.1, 0.15) is 0 Å². The number of fused-ring (bicyclic) bond motifs is 2. The van der Waals surface area contributed by atoms with Gasteiger partial charge in [-0.2, -0.15) is 0 Å². The van der Waals surface area contributed by atoms with Gasteiger partial charge in [-0.15, -0.1) is 0 Å². The van der Waals surface area contributed by atoms with Gasteiger partial charge in [-0.3, -0.25) is 4.79 Å². The number of carbonyl (C=O) groups is 1. The molecule has 3 N–H and O–H groups in total. The third-order valence-electron chi connectivity index (χ3n) is 5.36. The predicted octanol–water partition coefficient (Wildman–Crippen LogP) is 1.67. The summed E-state index contributed by atoms with van der Waals surface area (Å²) < 4.78 is 0. The van der Waals surface area contributed by atoms with Gasteiger partial charge in [0.25, 0.3) is 0 Å². The molecular formula is C14H24N2O. The Bertz CT molecular complexity index is 305. The molecule has 5 atom stereocenters. The summed E-state index contributed by atoms with van der Waals surface area (Å²) in [5.41, 5.74) is 5.76. The lowest BCUT2D eigenvalue weighted by atomic mass is 9.87. The van der Waals surface area contributed by atoms with Crippen LogP contribution >= 0.6 is 0 Å². The maximum absolute atomic E-state index is 12.3. The Balaban J connectivity index is 1.56. The first-order valence-electron chi connectivity index (χ1n) is 7.28. The highest BCUT2D eigenvalue weighted by Gasteiger charge is 2.43. The van der Waals surface area contributed by atoms with Crippen molar-refractivity contribution in [1.29, 1.82) is 0 Å². The van der Waals surface area contributed by atoms with Gasteiger partial charge >= 0.3 is 0 Å². The SMILES string of the molecule is NCC1CCCC1NC(=O)C1CC2CCC1C2. The molecule has 3 heteroatoms. The Morgan fingerprint density at radius 2 is 2.06 bits per heavy atom. The summed E-state index contributed by atoms with van der Waals surface area (Å²) in [7, 11) is 0. The second-order valence-corrected chi connectivity index (χ2v) is 6.32. The summed E-state index contributed by atoms with van der Waals surface area (Å²) in [6.45, 7) is 0.724. The number of hydrogen-bond acceptors (Lipinski definition) is 2. The van der Waals surface area contributed by atoms with Crippen LogP contribution in [0.15, 0.2) is 0 Å². The van der Waals surface area contributed by atoms with E-state index in [-0.39, 0.29) is 0 Å². The van der Waals surface area contributed by atoms with Crippen LogP contribution in [0, 0.1) is 23.7 Å². The average Bonchev–Trinajstić information content (AvgIpc) is 3.03. The maximum Gasteiger partial charge on any atom is 0.223 e. The predicted molar refractivity (Wildman–Crippen MR) is 67.3 cm³/mol. The van der Waals surface area contributed by atoms with Crippen molar-refractivity contribution in [1.82, 2.24) is 5.32 Å². The number of carbonyl (C=O) groups excluding carboxylic acids is 1. The lowest BCUT2D eigenvalue weighted by Crippen LogP contribution is -2.43. The molecule has 96 valence electrons. The molecule has 3 aliphatic rings. The molecule has 3 aliphatic carbocycles. The number of hydrogen-bond donors (Lipinski definition) is 2. The molecule has 3 nitrogen and oxygen atoms in total. The van der Waals surface area contributed by atoms with E-state index in [0.717, 1.165) is 25.3 Å². The van der Waals surface area contributed by atoms with E-state index in [9.17, 15) is 4.79 Å². The molecule has 0 aromatic carbocycles. The van der Waals surface area contributed by atoms with Gasteiger partial charge < -0.3 is 11.1 Å². The van der Waals surface area contributed by atoms with Gasteiger partial charge in [-0.05, 0) is 56.4 Å². The quantitative estimate of drug-likeness (QED) is 0.783. The Kier molecular flexibility index (Phi) is 3.12. The minimum atomic E-state index is 0.327. The lowest BCUT2D eigenvalue weighted by Gasteiger charge is -2.25. The molecule has 3 saturated carbocycles. The van der Waals surface area contributed by atoms with Crippen LogP contribution in [0.1, 0.15) is 44.9 Å². The fraction of sp³-hybridized carbons (Fsp3) is 0.929. The molecule has 3 fully saturated rings. The van der Waals surface area contributed by atoms with Crippen LogP contribution in [0.4, 0.5) is 0 Å². The molecule has 0 aromatic rings. The molecule has 5 unspecified atom stereocenters. The largest absolute Gasteiger partial charge is 0.353 e. The van der Waals surface area contributed by atoms with Crippen molar-refractivity contribution in [3.63, 3.8) is 0 Å². The third kappa shape index (κ3) is 2.10. The monoisotopic (exact) mass is 236 g/mol. The summed E-state index contributed by atoms with van der Waals surface area (Å²) in [5, 5.41) is 3.29. The molecule has 2 bridgehead atoms. The Morgan fingerprint density at radius 3 is 2.71 bits per heavy atom. The van der Waals surface area contributed by atoms with E-state index in [4.69, 9.17) is 5.73 Å². The van der Waals surface area contributed by atoms with E-state index in [1.165, 1.54) is 32.1 Å². The first kappa shape index (κ1) is 11.5. The van der Waals surface area contributed by atoms with Gasteiger partial charge in [0.15, 0.2) is 0 Å². The van der Waals surface area contributed by atoms with Gasteiger partial charge in [0, 0.05) is 12.0 Å². The van der Waals surface area contributed by atoms with Crippen LogP contribution in [-0.4, -0.2) is 18.5 Å². The first-order chi connectivity index (χ1) is 8.28. The van der Waals surface area contributed by atoms with Crippen molar-refractivity contribution in [2.75, 3.05) is 6.54 Å². The summed E-state index contributed by atoms with van der Waals surface area (Å²) in [6.07, 6.45) is 8.66. The van der Waals surface area contributed by atoms with Crippen molar-refractivity contribution in [3.8, 4) is 0 Å². The van der Waals surface area contributed by atoms with E-state index in [1.807, 2.05) is 0 Å². The molecule has 0 radical (unpaired) electrons. The van der Waals surface area contributed by atoms with Gasteiger partial charge in [0.2, 0.25) is 5.91 Å². The van der Waals surface area contributed by atoms with Gasteiger partial charge in [-0.1, -0.05) is 12.8 Å². The smallest absolute Gasteiger partial charge is 0.223 e.